The Hall–Kier alpha value is -1.61. The fraction of sp³-hybridized carbons (Fsp3) is 0.235. The van der Waals surface area contributed by atoms with E-state index >= 15 is 0 Å². The maximum atomic E-state index is 11.9. The number of halogens is 1. The second-order valence-corrected chi connectivity index (χ2v) is 5.45. The highest BCUT2D eigenvalue weighted by Crippen LogP contribution is 2.09. The minimum Gasteiger partial charge on any atom is -0.352 e. The van der Waals surface area contributed by atoms with Crippen LogP contribution in [-0.2, 0) is 23.1 Å². The van der Waals surface area contributed by atoms with Crippen LogP contribution in [0.25, 0.3) is 0 Å². The number of aryl methyl sites for hydroxylation is 1. The SMILES string of the molecule is Cc1ccc(CC(=O)NCc2cccc(CBr)c2)cc1. The van der Waals surface area contributed by atoms with Gasteiger partial charge in [0.15, 0.2) is 0 Å². The number of carbonyl (C=O) groups is 1. The van der Waals surface area contributed by atoms with Crippen LogP contribution in [0.15, 0.2) is 48.5 Å². The summed E-state index contributed by atoms with van der Waals surface area (Å²) in [6.45, 7) is 2.62. The van der Waals surface area contributed by atoms with E-state index in [1.165, 1.54) is 11.1 Å². The summed E-state index contributed by atoms with van der Waals surface area (Å²) >= 11 is 3.43. The third-order valence-electron chi connectivity index (χ3n) is 3.12. The van der Waals surface area contributed by atoms with Crippen molar-refractivity contribution in [2.24, 2.45) is 0 Å². The molecule has 1 amide bonds. The molecule has 2 nitrogen and oxygen atoms in total. The maximum absolute atomic E-state index is 11.9. The minimum absolute atomic E-state index is 0.0538. The zero-order chi connectivity index (χ0) is 14.4. The van der Waals surface area contributed by atoms with E-state index < -0.39 is 0 Å². The Morgan fingerprint density at radius 3 is 2.45 bits per heavy atom. The predicted octanol–water partition coefficient (Wildman–Crippen LogP) is 3.75. The van der Waals surface area contributed by atoms with Gasteiger partial charge < -0.3 is 5.32 Å². The number of alkyl halides is 1. The van der Waals surface area contributed by atoms with Crippen molar-refractivity contribution >= 4 is 21.8 Å². The van der Waals surface area contributed by atoms with Crippen molar-refractivity contribution in [1.29, 1.82) is 0 Å². The molecule has 2 rings (SSSR count). The highest BCUT2D eigenvalue weighted by Gasteiger charge is 2.03. The van der Waals surface area contributed by atoms with Gasteiger partial charge in [-0.05, 0) is 23.6 Å². The largest absolute Gasteiger partial charge is 0.352 e. The lowest BCUT2D eigenvalue weighted by Gasteiger charge is -2.07. The molecule has 1 N–H and O–H groups in total. The van der Waals surface area contributed by atoms with Crippen LogP contribution in [0, 0.1) is 6.92 Å². The van der Waals surface area contributed by atoms with E-state index in [0.717, 1.165) is 16.5 Å². The van der Waals surface area contributed by atoms with Crippen LogP contribution < -0.4 is 5.32 Å². The van der Waals surface area contributed by atoms with Gasteiger partial charge in [-0.2, -0.15) is 0 Å². The maximum Gasteiger partial charge on any atom is 0.224 e. The summed E-state index contributed by atoms with van der Waals surface area (Å²) in [5.74, 6) is 0.0538. The normalized spacial score (nSPS) is 10.3. The molecule has 0 heterocycles. The van der Waals surface area contributed by atoms with Crippen LogP contribution in [0.1, 0.15) is 22.3 Å². The monoisotopic (exact) mass is 331 g/mol. The number of benzene rings is 2. The molecule has 0 aliphatic rings. The molecule has 0 saturated carbocycles. The van der Waals surface area contributed by atoms with Gasteiger partial charge in [0.1, 0.15) is 0 Å². The molecule has 0 fully saturated rings. The number of hydrogen-bond donors (Lipinski definition) is 1. The minimum atomic E-state index is 0.0538. The Labute approximate surface area is 128 Å². The summed E-state index contributed by atoms with van der Waals surface area (Å²) < 4.78 is 0. The summed E-state index contributed by atoms with van der Waals surface area (Å²) in [5.41, 5.74) is 4.59. The molecule has 104 valence electrons. The molecule has 20 heavy (non-hydrogen) atoms. The average Bonchev–Trinajstić information content (AvgIpc) is 2.48. The molecule has 0 aliphatic heterocycles. The van der Waals surface area contributed by atoms with Crippen molar-refractivity contribution < 1.29 is 4.79 Å². The standard InChI is InChI=1S/C17H18BrNO/c1-13-5-7-14(8-6-13)10-17(20)19-12-16-4-2-3-15(9-16)11-18/h2-9H,10-12H2,1H3,(H,19,20). The highest BCUT2D eigenvalue weighted by atomic mass is 79.9. The smallest absolute Gasteiger partial charge is 0.224 e. The zero-order valence-corrected chi connectivity index (χ0v) is 13.1. The Balaban J connectivity index is 1.87. The van der Waals surface area contributed by atoms with E-state index in [0.29, 0.717) is 13.0 Å². The zero-order valence-electron chi connectivity index (χ0n) is 11.5. The van der Waals surface area contributed by atoms with Crippen molar-refractivity contribution in [2.45, 2.75) is 25.2 Å². The number of nitrogens with one attached hydrogen (secondary N) is 1. The number of hydrogen-bond acceptors (Lipinski definition) is 1. The van der Waals surface area contributed by atoms with Crippen LogP contribution in [0.4, 0.5) is 0 Å². The van der Waals surface area contributed by atoms with Gasteiger partial charge in [0.05, 0.1) is 6.42 Å². The summed E-state index contributed by atoms with van der Waals surface area (Å²) in [6.07, 6.45) is 0.429. The molecule has 0 bridgehead atoms. The van der Waals surface area contributed by atoms with Crippen LogP contribution in [0.3, 0.4) is 0 Å². The second kappa shape index (κ2) is 7.25. The summed E-state index contributed by atoms with van der Waals surface area (Å²) in [6, 6.07) is 16.3. The molecule has 0 radical (unpaired) electrons. The molecule has 0 spiro atoms. The highest BCUT2D eigenvalue weighted by molar-refractivity contribution is 9.08. The average molecular weight is 332 g/mol. The quantitative estimate of drug-likeness (QED) is 0.830. The van der Waals surface area contributed by atoms with Gasteiger partial charge in [-0.1, -0.05) is 70.0 Å². The third kappa shape index (κ3) is 4.49. The van der Waals surface area contributed by atoms with Crippen molar-refractivity contribution in [3.63, 3.8) is 0 Å². The fourth-order valence-corrected chi connectivity index (χ4v) is 2.33. The summed E-state index contributed by atoms with van der Waals surface area (Å²) in [4.78, 5) is 11.9. The lowest BCUT2D eigenvalue weighted by molar-refractivity contribution is -0.120. The summed E-state index contributed by atoms with van der Waals surface area (Å²) in [5, 5.41) is 3.79. The molecular weight excluding hydrogens is 314 g/mol. The van der Waals surface area contributed by atoms with Gasteiger partial charge in [0.2, 0.25) is 5.91 Å². The number of carbonyl (C=O) groups excluding carboxylic acids is 1. The van der Waals surface area contributed by atoms with Crippen molar-refractivity contribution in [3.8, 4) is 0 Å². The van der Waals surface area contributed by atoms with Crippen molar-refractivity contribution in [1.82, 2.24) is 5.32 Å². The molecule has 0 atom stereocenters. The molecule has 3 heteroatoms. The Bertz CT molecular complexity index is 578. The van der Waals surface area contributed by atoms with Gasteiger partial charge in [-0.15, -0.1) is 0 Å². The van der Waals surface area contributed by atoms with Crippen molar-refractivity contribution in [2.75, 3.05) is 0 Å². The van der Waals surface area contributed by atoms with Gasteiger partial charge in [-0.25, -0.2) is 0 Å². The van der Waals surface area contributed by atoms with Crippen LogP contribution >= 0.6 is 15.9 Å². The second-order valence-electron chi connectivity index (χ2n) is 4.89. The molecule has 0 saturated heterocycles. The lowest BCUT2D eigenvalue weighted by atomic mass is 10.1. The molecule has 0 aliphatic carbocycles. The third-order valence-corrected chi connectivity index (χ3v) is 3.77. The van der Waals surface area contributed by atoms with Gasteiger partial charge in [-0.3, -0.25) is 4.79 Å². The number of rotatable bonds is 5. The lowest BCUT2D eigenvalue weighted by Crippen LogP contribution is -2.24. The molecule has 2 aromatic carbocycles. The first kappa shape index (κ1) is 14.8. The predicted molar refractivity (Wildman–Crippen MR) is 85.8 cm³/mol. The van der Waals surface area contributed by atoms with Crippen LogP contribution in [-0.4, -0.2) is 5.91 Å². The number of amides is 1. The van der Waals surface area contributed by atoms with Gasteiger partial charge in [0.25, 0.3) is 0 Å². The first-order valence-corrected chi connectivity index (χ1v) is 7.75. The van der Waals surface area contributed by atoms with E-state index in [1.54, 1.807) is 0 Å². The van der Waals surface area contributed by atoms with E-state index in [2.05, 4.69) is 33.4 Å². The molecule has 0 unspecified atom stereocenters. The Morgan fingerprint density at radius 2 is 1.75 bits per heavy atom. The molecular formula is C17H18BrNO. The van der Waals surface area contributed by atoms with E-state index in [4.69, 9.17) is 0 Å². The Kier molecular flexibility index (Phi) is 5.36. The first-order chi connectivity index (χ1) is 9.67. The molecule has 0 aromatic heterocycles. The van der Waals surface area contributed by atoms with Crippen LogP contribution in [0.2, 0.25) is 0 Å². The first-order valence-electron chi connectivity index (χ1n) is 6.63. The summed E-state index contributed by atoms with van der Waals surface area (Å²) in [7, 11) is 0. The topological polar surface area (TPSA) is 29.1 Å². The molecule has 2 aromatic rings. The van der Waals surface area contributed by atoms with E-state index in [-0.39, 0.29) is 5.91 Å². The van der Waals surface area contributed by atoms with E-state index in [9.17, 15) is 4.79 Å². The fourth-order valence-electron chi connectivity index (χ4n) is 1.98. The van der Waals surface area contributed by atoms with Crippen LogP contribution in [0.5, 0.6) is 0 Å². The van der Waals surface area contributed by atoms with E-state index in [1.807, 2.05) is 43.3 Å². The van der Waals surface area contributed by atoms with Gasteiger partial charge >= 0.3 is 0 Å². The Morgan fingerprint density at radius 1 is 1.05 bits per heavy atom. The van der Waals surface area contributed by atoms with Gasteiger partial charge in [0, 0.05) is 11.9 Å². The van der Waals surface area contributed by atoms with Crippen molar-refractivity contribution in [3.05, 3.63) is 70.8 Å².